The summed E-state index contributed by atoms with van der Waals surface area (Å²) < 4.78 is 13.2. The molecule has 0 fully saturated rings. The number of carbonyl (C=O) groups is 1. The second-order valence-corrected chi connectivity index (χ2v) is 3.19. The Morgan fingerprint density at radius 1 is 1.59 bits per heavy atom. The Bertz CT molecular complexity index is 499. The van der Waals surface area contributed by atoms with Crippen LogP contribution in [0.15, 0.2) is 18.2 Å². The summed E-state index contributed by atoms with van der Waals surface area (Å²) in [6, 6.07) is 2.08. The molecule has 90 valence electrons. The summed E-state index contributed by atoms with van der Waals surface area (Å²) in [4.78, 5) is 20.0. The average molecular weight is 240 g/mol. The van der Waals surface area contributed by atoms with Gasteiger partial charge in [0.1, 0.15) is 5.69 Å². The third-order valence-electron chi connectivity index (χ3n) is 1.93. The quantitative estimate of drug-likeness (QED) is 0.474. The van der Waals surface area contributed by atoms with Crippen LogP contribution in [0.5, 0.6) is 0 Å². The van der Waals surface area contributed by atoms with Gasteiger partial charge in [-0.25, -0.2) is 4.39 Å². The van der Waals surface area contributed by atoms with E-state index in [0.29, 0.717) is 0 Å². The van der Waals surface area contributed by atoms with Gasteiger partial charge in [-0.3, -0.25) is 14.9 Å². The molecule has 0 unspecified atom stereocenters. The lowest BCUT2D eigenvalue weighted by atomic mass is 10.1. The number of nitro benzene ring substituents is 1. The number of carboxylic acids is 1. The first kappa shape index (κ1) is 12.6. The molecule has 0 heterocycles. The van der Waals surface area contributed by atoms with Gasteiger partial charge in [0.15, 0.2) is 5.82 Å². The maximum atomic E-state index is 13.2. The molecular formula is C10H9FN2O4. The first-order chi connectivity index (χ1) is 7.91. The van der Waals surface area contributed by atoms with Crippen molar-refractivity contribution in [3.8, 4) is 0 Å². The molecule has 1 aromatic rings. The fourth-order valence-corrected chi connectivity index (χ4v) is 1.17. The molecular weight excluding hydrogens is 231 g/mol. The van der Waals surface area contributed by atoms with Crippen molar-refractivity contribution in [3.05, 3.63) is 39.7 Å². The molecule has 0 amide bonds. The number of hydrogen-bond donors (Lipinski definition) is 2. The van der Waals surface area contributed by atoms with E-state index in [2.05, 4.69) is 0 Å². The maximum absolute atomic E-state index is 13.2. The zero-order valence-electron chi connectivity index (χ0n) is 8.59. The number of benzene rings is 1. The van der Waals surface area contributed by atoms with Crippen molar-refractivity contribution in [1.29, 1.82) is 0 Å². The van der Waals surface area contributed by atoms with E-state index >= 15 is 0 Å². The van der Waals surface area contributed by atoms with Crippen molar-refractivity contribution < 1.29 is 19.2 Å². The molecule has 0 bridgehead atoms. The standard InChI is InChI=1S/C10H9FN2O4/c11-7-4-6(2-1-3-9(14)15)5-8(10(7)12)13(16)17/h1-2,4-5H,3,12H2,(H,14,15). The minimum absolute atomic E-state index is 0.185. The van der Waals surface area contributed by atoms with Crippen LogP contribution in [0.1, 0.15) is 12.0 Å². The van der Waals surface area contributed by atoms with Crippen LogP contribution >= 0.6 is 0 Å². The van der Waals surface area contributed by atoms with E-state index in [1.807, 2.05) is 0 Å². The number of nitrogen functional groups attached to an aromatic ring is 1. The minimum atomic E-state index is -1.05. The summed E-state index contributed by atoms with van der Waals surface area (Å²) in [5.74, 6) is -1.96. The normalized spacial score (nSPS) is 10.6. The van der Waals surface area contributed by atoms with Gasteiger partial charge in [-0.1, -0.05) is 12.2 Å². The Morgan fingerprint density at radius 3 is 2.76 bits per heavy atom. The first-order valence-electron chi connectivity index (χ1n) is 4.53. The lowest BCUT2D eigenvalue weighted by Crippen LogP contribution is -1.99. The van der Waals surface area contributed by atoms with Crippen LogP contribution in [-0.4, -0.2) is 16.0 Å². The second-order valence-electron chi connectivity index (χ2n) is 3.19. The van der Waals surface area contributed by atoms with Gasteiger partial charge in [0.25, 0.3) is 5.69 Å². The number of nitrogens with two attached hydrogens (primary N) is 1. The Hall–Kier alpha value is -2.44. The molecule has 3 N–H and O–H groups in total. The summed E-state index contributed by atoms with van der Waals surface area (Å²) in [6.07, 6.45) is 2.29. The van der Waals surface area contributed by atoms with Gasteiger partial charge in [-0.2, -0.15) is 0 Å². The van der Waals surface area contributed by atoms with Gasteiger partial charge in [0.2, 0.25) is 0 Å². The van der Waals surface area contributed by atoms with Crippen LogP contribution in [0.4, 0.5) is 15.8 Å². The Kier molecular flexibility index (Phi) is 3.76. The number of aliphatic carboxylic acids is 1. The molecule has 0 saturated carbocycles. The molecule has 0 aromatic heterocycles. The topological polar surface area (TPSA) is 106 Å². The monoisotopic (exact) mass is 240 g/mol. The molecule has 0 radical (unpaired) electrons. The van der Waals surface area contributed by atoms with Gasteiger partial charge >= 0.3 is 5.97 Å². The number of hydrogen-bond acceptors (Lipinski definition) is 4. The highest BCUT2D eigenvalue weighted by Gasteiger charge is 2.16. The van der Waals surface area contributed by atoms with Gasteiger partial charge < -0.3 is 10.8 Å². The number of carboxylic acid groups (broad SMARTS) is 1. The van der Waals surface area contributed by atoms with E-state index in [9.17, 15) is 19.3 Å². The van der Waals surface area contributed by atoms with Crippen LogP contribution in [0.3, 0.4) is 0 Å². The number of rotatable bonds is 4. The molecule has 1 rings (SSSR count). The molecule has 0 atom stereocenters. The average Bonchev–Trinajstić information content (AvgIpc) is 2.22. The fraction of sp³-hybridized carbons (Fsp3) is 0.100. The van der Waals surface area contributed by atoms with E-state index in [1.165, 1.54) is 12.2 Å². The highest BCUT2D eigenvalue weighted by Crippen LogP contribution is 2.26. The third kappa shape index (κ3) is 3.26. The minimum Gasteiger partial charge on any atom is -0.481 e. The molecule has 1 aromatic carbocycles. The van der Waals surface area contributed by atoms with E-state index in [0.717, 1.165) is 12.1 Å². The number of anilines is 1. The second kappa shape index (κ2) is 5.06. The van der Waals surface area contributed by atoms with E-state index < -0.39 is 28.1 Å². The van der Waals surface area contributed by atoms with Crippen LogP contribution in [-0.2, 0) is 4.79 Å². The molecule has 17 heavy (non-hydrogen) atoms. The van der Waals surface area contributed by atoms with E-state index in [1.54, 1.807) is 0 Å². The Labute approximate surface area is 95.3 Å². The summed E-state index contributed by atoms with van der Waals surface area (Å²) in [6.45, 7) is 0. The molecule has 0 aliphatic carbocycles. The van der Waals surface area contributed by atoms with Crippen molar-refractivity contribution in [2.75, 3.05) is 5.73 Å². The van der Waals surface area contributed by atoms with Gasteiger partial charge in [-0.05, 0) is 11.6 Å². The largest absolute Gasteiger partial charge is 0.481 e. The lowest BCUT2D eigenvalue weighted by molar-refractivity contribution is -0.384. The molecule has 0 saturated heterocycles. The third-order valence-corrected chi connectivity index (χ3v) is 1.93. The summed E-state index contributed by atoms with van der Waals surface area (Å²) in [7, 11) is 0. The molecule has 0 spiro atoms. The lowest BCUT2D eigenvalue weighted by Gasteiger charge is -2.00. The van der Waals surface area contributed by atoms with Crippen molar-refractivity contribution in [1.82, 2.24) is 0 Å². The van der Waals surface area contributed by atoms with Gasteiger partial charge in [-0.15, -0.1) is 0 Å². The Morgan fingerprint density at radius 2 is 2.24 bits per heavy atom. The van der Waals surface area contributed by atoms with Gasteiger partial charge in [0, 0.05) is 6.07 Å². The van der Waals surface area contributed by atoms with Crippen molar-refractivity contribution in [2.45, 2.75) is 6.42 Å². The summed E-state index contributed by atoms with van der Waals surface area (Å²) >= 11 is 0. The van der Waals surface area contributed by atoms with Crippen molar-refractivity contribution in [2.24, 2.45) is 0 Å². The predicted octanol–water partition coefficient (Wildman–Crippen LogP) is 1.80. The van der Waals surface area contributed by atoms with Crippen LogP contribution in [0.25, 0.3) is 6.08 Å². The molecule has 7 heteroatoms. The van der Waals surface area contributed by atoms with E-state index in [4.69, 9.17) is 10.8 Å². The SMILES string of the molecule is Nc1c(F)cc(C=CCC(=O)O)cc1[N+](=O)[O-]. The zero-order valence-corrected chi connectivity index (χ0v) is 8.59. The van der Waals surface area contributed by atoms with Crippen molar-refractivity contribution >= 4 is 23.4 Å². The number of nitro groups is 1. The highest BCUT2D eigenvalue weighted by molar-refractivity contribution is 5.71. The summed E-state index contributed by atoms with van der Waals surface area (Å²) in [5, 5.41) is 18.9. The van der Waals surface area contributed by atoms with Crippen LogP contribution in [0, 0.1) is 15.9 Å². The molecule has 0 aliphatic heterocycles. The maximum Gasteiger partial charge on any atom is 0.307 e. The Balaban J connectivity index is 3.06. The zero-order chi connectivity index (χ0) is 13.0. The number of nitrogens with zero attached hydrogens (tertiary/aromatic N) is 1. The van der Waals surface area contributed by atoms with Crippen molar-refractivity contribution in [3.63, 3.8) is 0 Å². The summed E-state index contributed by atoms with van der Waals surface area (Å²) in [5.41, 5.74) is 4.30. The number of halogens is 1. The molecule has 6 nitrogen and oxygen atoms in total. The van der Waals surface area contributed by atoms with Crippen LogP contribution < -0.4 is 5.73 Å². The fourth-order valence-electron chi connectivity index (χ4n) is 1.17. The van der Waals surface area contributed by atoms with Gasteiger partial charge in [0.05, 0.1) is 11.3 Å². The first-order valence-corrected chi connectivity index (χ1v) is 4.53. The van der Waals surface area contributed by atoms with E-state index in [-0.39, 0.29) is 12.0 Å². The molecule has 0 aliphatic rings. The van der Waals surface area contributed by atoms with Crippen LogP contribution in [0.2, 0.25) is 0 Å². The predicted molar refractivity (Wildman–Crippen MR) is 58.8 cm³/mol. The highest BCUT2D eigenvalue weighted by atomic mass is 19.1. The smallest absolute Gasteiger partial charge is 0.307 e.